The molecule has 3 aliphatic rings. The van der Waals surface area contributed by atoms with E-state index >= 15 is 0 Å². The third kappa shape index (κ3) is 4.32. The molecule has 1 aliphatic heterocycles. The van der Waals surface area contributed by atoms with Crippen molar-refractivity contribution in [3.63, 3.8) is 0 Å². The van der Waals surface area contributed by atoms with E-state index in [4.69, 9.17) is 10.6 Å². The Balaban J connectivity index is 1.35. The Labute approximate surface area is 203 Å². The standard InChI is InChI=1S/C27H28N4O4/c1-35-30-21-14-22(26(33)29-24-20-12-11-19(13-20)23(24)25(28)32)31(15-21)27(34)18-9-7-17(8-10-18)16-5-3-2-4-6-16/h2-12,19-20,22-24H,13-15H2,1H3,(H2,28,32)(H,29,33)/t19-,20+,22-,23+,24-/m0/s1. The minimum atomic E-state index is -0.748. The van der Waals surface area contributed by atoms with Crippen molar-refractivity contribution in [1.82, 2.24) is 10.2 Å². The van der Waals surface area contributed by atoms with E-state index in [1.807, 2.05) is 54.6 Å². The number of carbonyl (C=O) groups excluding carboxylic acids is 3. The third-order valence-corrected chi connectivity index (χ3v) is 7.28. The molecule has 2 fully saturated rings. The highest BCUT2D eigenvalue weighted by Crippen LogP contribution is 2.43. The summed E-state index contributed by atoms with van der Waals surface area (Å²) >= 11 is 0. The summed E-state index contributed by atoms with van der Waals surface area (Å²) < 4.78 is 0. The van der Waals surface area contributed by atoms with Gasteiger partial charge in [-0.2, -0.15) is 0 Å². The van der Waals surface area contributed by atoms with Crippen molar-refractivity contribution in [2.45, 2.75) is 24.9 Å². The number of hydrogen-bond donors (Lipinski definition) is 2. The van der Waals surface area contributed by atoms with Crippen molar-refractivity contribution < 1.29 is 19.2 Å². The molecule has 8 heteroatoms. The maximum absolute atomic E-state index is 13.5. The van der Waals surface area contributed by atoms with Gasteiger partial charge in [-0.3, -0.25) is 14.4 Å². The van der Waals surface area contributed by atoms with Crippen LogP contribution in [0.4, 0.5) is 0 Å². The quantitative estimate of drug-likeness (QED) is 0.496. The van der Waals surface area contributed by atoms with Gasteiger partial charge in [0, 0.05) is 18.0 Å². The zero-order valence-electron chi connectivity index (χ0n) is 19.5. The molecule has 180 valence electrons. The van der Waals surface area contributed by atoms with E-state index in [-0.39, 0.29) is 42.7 Å². The van der Waals surface area contributed by atoms with E-state index in [2.05, 4.69) is 10.5 Å². The van der Waals surface area contributed by atoms with Crippen molar-refractivity contribution in [3.05, 3.63) is 72.3 Å². The fourth-order valence-corrected chi connectivity index (χ4v) is 5.62. The second kappa shape index (κ2) is 9.37. The number of primary amides is 1. The summed E-state index contributed by atoms with van der Waals surface area (Å²) in [5.41, 5.74) is 8.80. The number of carbonyl (C=O) groups is 3. The number of fused-ring (bicyclic) bond motifs is 2. The molecule has 0 radical (unpaired) electrons. The van der Waals surface area contributed by atoms with Crippen molar-refractivity contribution >= 4 is 23.4 Å². The highest BCUT2D eigenvalue weighted by Gasteiger charge is 2.49. The van der Waals surface area contributed by atoms with Crippen LogP contribution in [-0.4, -0.2) is 54.1 Å². The molecule has 2 aromatic carbocycles. The number of likely N-dealkylation sites (tertiary alicyclic amines) is 1. The van der Waals surface area contributed by atoms with E-state index < -0.39 is 17.9 Å². The molecular weight excluding hydrogens is 444 g/mol. The van der Waals surface area contributed by atoms with E-state index in [0.717, 1.165) is 17.5 Å². The first kappa shape index (κ1) is 22.8. The molecule has 2 aliphatic carbocycles. The molecule has 1 saturated carbocycles. The van der Waals surface area contributed by atoms with Gasteiger partial charge in [-0.05, 0) is 41.5 Å². The molecule has 35 heavy (non-hydrogen) atoms. The number of nitrogens with zero attached hydrogens (tertiary/aromatic N) is 2. The molecule has 0 spiro atoms. The fraction of sp³-hybridized carbons (Fsp3) is 0.333. The second-order valence-corrected chi connectivity index (χ2v) is 9.35. The summed E-state index contributed by atoms with van der Waals surface area (Å²) in [6, 6.07) is 16.1. The summed E-state index contributed by atoms with van der Waals surface area (Å²) in [4.78, 5) is 45.4. The van der Waals surface area contributed by atoms with Gasteiger partial charge in [0.25, 0.3) is 5.91 Å². The van der Waals surface area contributed by atoms with Crippen LogP contribution < -0.4 is 11.1 Å². The zero-order chi connectivity index (χ0) is 24.5. The van der Waals surface area contributed by atoms with Crippen LogP contribution in [0.25, 0.3) is 11.1 Å². The van der Waals surface area contributed by atoms with Crippen molar-refractivity contribution in [1.29, 1.82) is 0 Å². The summed E-state index contributed by atoms with van der Waals surface area (Å²) in [5, 5.41) is 7.04. The lowest BCUT2D eigenvalue weighted by Gasteiger charge is -2.30. The first-order valence-electron chi connectivity index (χ1n) is 11.8. The van der Waals surface area contributed by atoms with E-state index in [1.165, 1.54) is 12.0 Å². The Morgan fingerprint density at radius 3 is 2.37 bits per heavy atom. The Morgan fingerprint density at radius 1 is 1.00 bits per heavy atom. The monoisotopic (exact) mass is 472 g/mol. The minimum absolute atomic E-state index is 0.0536. The smallest absolute Gasteiger partial charge is 0.254 e. The molecule has 5 atom stereocenters. The van der Waals surface area contributed by atoms with Crippen LogP contribution in [0.2, 0.25) is 0 Å². The van der Waals surface area contributed by atoms with E-state index in [1.54, 1.807) is 12.1 Å². The molecular formula is C27H28N4O4. The predicted octanol–water partition coefficient (Wildman–Crippen LogP) is 2.36. The van der Waals surface area contributed by atoms with Crippen LogP contribution >= 0.6 is 0 Å². The van der Waals surface area contributed by atoms with E-state index in [9.17, 15) is 14.4 Å². The summed E-state index contributed by atoms with van der Waals surface area (Å²) in [7, 11) is 1.44. The Hall–Kier alpha value is -3.94. The average Bonchev–Trinajstić information content (AvgIpc) is 3.59. The van der Waals surface area contributed by atoms with Crippen molar-refractivity contribution in [2.24, 2.45) is 28.6 Å². The maximum Gasteiger partial charge on any atom is 0.254 e. The van der Waals surface area contributed by atoms with Gasteiger partial charge in [0.05, 0.1) is 18.2 Å². The highest BCUT2D eigenvalue weighted by molar-refractivity contribution is 6.05. The van der Waals surface area contributed by atoms with Crippen LogP contribution in [0.1, 0.15) is 23.2 Å². The molecule has 0 aromatic heterocycles. The van der Waals surface area contributed by atoms with Crippen LogP contribution in [0.3, 0.4) is 0 Å². The van der Waals surface area contributed by atoms with Gasteiger partial charge in [-0.15, -0.1) is 0 Å². The predicted molar refractivity (Wildman–Crippen MR) is 131 cm³/mol. The lowest BCUT2D eigenvalue weighted by Crippen LogP contribution is -2.53. The van der Waals surface area contributed by atoms with Crippen molar-refractivity contribution in [2.75, 3.05) is 13.7 Å². The molecule has 2 bridgehead atoms. The average molecular weight is 473 g/mol. The number of amides is 3. The number of nitrogens with two attached hydrogens (primary N) is 1. The molecule has 3 amide bonds. The maximum atomic E-state index is 13.5. The summed E-state index contributed by atoms with van der Waals surface area (Å²) in [6.45, 7) is 0.196. The molecule has 5 rings (SSSR count). The largest absolute Gasteiger partial charge is 0.399 e. The first-order chi connectivity index (χ1) is 17.0. The fourth-order valence-electron chi connectivity index (χ4n) is 5.62. The number of benzene rings is 2. The van der Waals surface area contributed by atoms with Gasteiger partial charge < -0.3 is 20.8 Å². The topological polar surface area (TPSA) is 114 Å². The highest BCUT2D eigenvalue weighted by atomic mass is 16.6. The second-order valence-electron chi connectivity index (χ2n) is 9.35. The van der Waals surface area contributed by atoms with Gasteiger partial charge in [-0.1, -0.05) is 59.8 Å². The minimum Gasteiger partial charge on any atom is -0.399 e. The van der Waals surface area contributed by atoms with Crippen molar-refractivity contribution in [3.8, 4) is 11.1 Å². The molecule has 2 aromatic rings. The number of hydrogen-bond acceptors (Lipinski definition) is 5. The Morgan fingerprint density at radius 2 is 1.69 bits per heavy atom. The summed E-state index contributed by atoms with van der Waals surface area (Å²) in [6.07, 6.45) is 5.12. The van der Waals surface area contributed by atoms with Crippen LogP contribution in [0.15, 0.2) is 71.9 Å². The molecule has 1 heterocycles. The zero-order valence-corrected chi connectivity index (χ0v) is 19.5. The van der Waals surface area contributed by atoms with Gasteiger partial charge in [0.15, 0.2) is 0 Å². The molecule has 1 saturated heterocycles. The Kier molecular flexibility index (Phi) is 6.11. The number of oxime groups is 1. The normalized spacial score (nSPS) is 27.9. The third-order valence-electron chi connectivity index (χ3n) is 7.28. The van der Waals surface area contributed by atoms with Gasteiger partial charge in [0.2, 0.25) is 11.8 Å². The SMILES string of the molecule is CON=C1C[C@@H](C(=O)N[C@@H]2[C@H](C(N)=O)[C@H]3C=C[C@@H]2C3)N(C(=O)c2ccc(-c3ccccc3)cc2)C1. The lowest BCUT2D eigenvalue weighted by atomic mass is 9.88. The molecule has 8 nitrogen and oxygen atoms in total. The molecule has 3 N–H and O–H groups in total. The van der Waals surface area contributed by atoms with E-state index in [0.29, 0.717) is 11.3 Å². The van der Waals surface area contributed by atoms with Gasteiger partial charge >= 0.3 is 0 Å². The molecule has 0 unspecified atom stereocenters. The van der Waals surface area contributed by atoms with Crippen LogP contribution in [0, 0.1) is 17.8 Å². The lowest BCUT2D eigenvalue weighted by molar-refractivity contribution is -0.127. The first-order valence-corrected chi connectivity index (χ1v) is 11.8. The Bertz CT molecular complexity index is 1190. The summed E-state index contributed by atoms with van der Waals surface area (Å²) in [5.74, 6) is -1.28. The number of nitrogens with one attached hydrogen (secondary N) is 1. The van der Waals surface area contributed by atoms with Crippen LogP contribution in [-0.2, 0) is 14.4 Å². The van der Waals surface area contributed by atoms with Gasteiger partial charge in [-0.25, -0.2) is 0 Å². The number of rotatable bonds is 6. The number of allylic oxidation sites excluding steroid dienone is 1. The van der Waals surface area contributed by atoms with Crippen LogP contribution in [0.5, 0.6) is 0 Å². The van der Waals surface area contributed by atoms with Gasteiger partial charge in [0.1, 0.15) is 13.2 Å².